The van der Waals surface area contributed by atoms with Crippen LogP contribution in [0.5, 0.6) is 23.0 Å². The standard InChI is InChI=1S/C35H35F2N5O6/c1-38-32(43)20-42-15-10-24(11-16-42)47-31-19-27-25(18-30(31)46-2)28(9-14-39-27)48-29-8-7-23(17-26(29)37)41-34(45)35(12-13-35)33(44)40-22-5-3-21(36)4-6-22/h3-9,14,17-19,24H,10-13,15-16,20H2,1-2H3,(H,38,43)(H,40,44)(H,41,45). The molecule has 4 aromatic rings. The van der Waals surface area contributed by atoms with E-state index in [1.807, 2.05) is 0 Å². The minimum atomic E-state index is -1.29. The Morgan fingerprint density at radius 2 is 1.56 bits per heavy atom. The van der Waals surface area contributed by atoms with E-state index >= 15 is 4.39 Å². The van der Waals surface area contributed by atoms with Gasteiger partial charge in [-0.25, -0.2) is 8.78 Å². The summed E-state index contributed by atoms with van der Waals surface area (Å²) in [5.41, 5.74) is -0.206. The smallest absolute Gasteiger partial charge is 0.240 e. The summed E-state index contributed by atoms with van der Waals surface area (Å²) in [7, 11) is 3.15. The number of fused-ring (bicyclic) bond motifs is 1. The van der Waals surface area contributed by atoms with Crippen molar-refractivity contribution in [3.63, 3.8) is 0 Å². The zero-order chi connectivity index (χ0) is 33.8. The van der Waals surface area contributed by atoms with Crippen LogP contribution < -0.4 is 30.2 Å². The number of ether oxygens (including phenoxy) is 3. The number of piperidine rings is 1. The highest BCUT2D eigenvalue weighted by Gasteiger charge is 2.56. The number of benzene rings is 3. The zero-order valence-corrected chi connectivity index (χ0v) is 26.5. The van der Waals surface area contributed by atoms with Gasteiger partial charge in [-0.2, -0.15) is 0 Å². The molecular formula is C35H35F2N5O6. The van der Waals surface area contributed by atoms with E-state index in [-0.39, 0.29) is 23.4 Å². The van der Waals surface area contributed by atoms with Crippen molar-refractivity contribution in [3.05, 3.63) is 78.5 Å². The van der Waals surface area contributed by atoms with Crippen molar-refractivity contribution in [2.75, 3.05) is 44.4 Å². The van der Waals surface area contributed by atoms with Gasteiger partial charge in [0.2, 0.25) is 17.7 Å². The van der Waals surface area contributed by atoms with E-state index in [1.54, 1.807) is 31.4 Å². The number of aromatic nitrogens is 1. The molecule has 1 saturated carbocycles. The first-order chi connectivity index (χ1) is 23.2. The van der Waals surface area contributed by atoms with Gasteiger partial charge in [0.15, 0.2) is 23.1 Å². The van der Waals surface area contributed by atoms with Gasteiger partial charge in [0.05, 0.1) is 19.2 Å². The number of carbonyl (C=O) groups is 3. The molecule has 13 heteroatoms. The van der Waals surface area contributed by atoms with Gasteiger partial charge in [0.1, 0.15) is 23.1 Å². The van der Waals surface area contributed by atoms with Gasteiger partial charge in [-0.3, -0.25) is 24.3 Å². The zero-order valence-electron chi connectivity index (χ0n) is 26.5. The molecule has 2 heterocycles. The molecule has 11 nitrogen and oxygen atoms in total. The second-order valence-electron chi connectivity index (χ2n) is 11.8. The average Bonchev–Trinajstić information content (AvgIpc) is 3.90. The van der Waals surface area contributed by atoms with Gasteiger partial charge in [0, 0.05) is 55.2 Å². The number of likely N-dealkylation sites (tertiary alicyclic amines) is 1. The Balaban J connectivity index is 1.12. The molecule has 250 valence electrons. The maximum Gasteiger partial charge on any atom is 0.240 e. The second kappa shape index (κ2) is 13.8. The summed E-state index contributed by atoms with van der Waals surface area (Å²) >= 11 is 0. The van der Waals surface area contributed by atoms with E-state index in [0.29, 0.717) is 53.2 Å². The maximum absolute atomic E-state index is 15.3. The number of methoxy groups -OCH3 is 1. The summed E-state index contributed by atoms with van der Waals surface area (Å²) in [6, 6.07) is 14.3. The Bertz CT molecular complexity index is 1840. The molecule has 0 bridgehead atoms. The van der Waals surface area contributed by atoms with Crippen molar-refractivity contribution in [2.45, 2.75) is 31.8 Å². The quantitative estimate of drug-likeness (QED) is 0.186. The fourth-order valence-corrected chi connectivity index (χ4v) is 5.61. The summed E-state index contributed by atoms with van der Waals surface area (Å²) < 4.78 is 46.4. The number of hydrogen-bond donors (Lipinski definition) is 3. The van der Waals surface area contributed by atoms with Crippen molar-refractivity contribution in [1.82, 2.24) is 15.2 Å². The highest BCUT2D eigenvalue weighted by atomic mass is 19.1. The number of likely N-dealkylation sites (N-methyl/N-ethyl adjacent to an activating group) is 1. The van der Waals surface area contributed by atoms with Crippen molar-refractivity contribution < 1.29 is 37.4 Å². The number of amides is 3. The van der Waals surface area contributed by atoms with Crippen LogP contribution >= 0.6 is 0 Å². The van der Waals surface area contributed by atoms with Crippen molar-refractivity contribution in [1.29, 1.82) is 0 Å². The Labute approximate surface area is 275 Å². The first-order valence-corrected chi connectivity index (χ1v) is 15.6. The van der Waals surface area contributed by atoms with Crippen LogP contribution in [0.25, 0.3) is 10.9 Å². The van der Waals surface area contributed by atoms with Gasteiger partial charge in [-0.15, -0.1) is 0 Å². The van der Waals surface area contributed by atoms with Crippen LogP contribution in [0.2, 0.25) is 0 Å². The van der Waals surface area contributed by atoms with Crippen LogP contribution in [0.1, 0.15) is 25.7 Å². The van der Waals surface area contributed by atoms with E-state index in [4.69, 9.17) is 14.2 Å². The van der Waals surface area contributed by atoms with Crippen LogP contribution in [0.15, 0.2) is 66.9 Å². The summed E-state index contributed by atoms with van der Waals surface area (Å²) in [5, 5.41) is 8.49. The van der Waals surface area contributed by atoms with Crippen molar-refractivity contribution in [3.8, 4) is 23.0 Å². The number of anilines is 2. The SMILES string of the molecule is CNC(=O)CN1CCC(Oc2cc3nccc(Oc4ccc(NC(=O)C5(C(=O)Nc6ccc(F)cc6)CC5)cc4F)c3cc2OC)CC1. The molecule has 3 amide bonds. The number of halogens is 2. The molecule has 0 spiro atoms. The van der Waals surface area contributed by atoms with Gasteiger partial charge < -0.3 is 30.2 Å². The van der Waals surface area contributed by atoms with Gasteiger partial charge in [-0.1, -0.05) is 0 Å². The molecule has 48 heavy (non-hydrogen) atoms. The lowest BCUT2D eigenvalue weighted by atomic mass is 10.0. The molecule has 1 saturated heterocycles. The van der Waals surface area contributed by atoms with E-state index in [9.17, 15) is 18.8 Å². The largest absolute Gasteiger partial charge is 0.493 e. The van der Waals surface area contributed by atoms with Crippen molar-refractivity contribution in [2.24, 2.45) is 5.41 Å². The molecule has 6 rings (SSSR count). The molecule has 3 N–H and O–H groups in total. The third kappa shape index (κ3) is 7.15. The number of nitrogens with zero attached hydrogens (tertiary/aromatic N) is 2. The van der Waals surface area contributed by atoms with Gasteiger partial charge >= 0.3 is 0 Å². The molecule has 0 radical (unpaired) electrons. The summed E-state index contributed by atoms with van der Waals surface area (Å²) in [6.07, 6.45) is 3.63. The third-order valence-corrected chi connectivity index (χ3v) is 8.59. The minimum Gasteiger partial charge on any atom is -0.493 e. The maximum atomic E-state index is 15.3. The highest BCUT2D eigenvalue weighted by molar-refractivity contribution is 6.16. The minimum absolute atomic E-state index is 0.0227. The summed E-state index contributed by atoms with van der Waals surface area (Å²) in [4.78, 5) is 44.2. The van der Waals surface area contributed by atoms with Crippen LogP contribution in [0.3, 0.4) is 0 Å². The molecule has 3 aromatic carbocycles. The molecule has 0 unspecified atom stereocenters. The van der Waals surface area contributed by atoms with Crippen LogP contribution in [0.4, 0.5) is 20.2 Å². The third-order valence-electron chi connectivity index (χ3n) is 8.59. The fraction of sp³-hybridized carbons (Fsp3) is 0.314. The number of hydrogen-bond acceptors (Lipinski definition) is 8. The van der Waals surface area contributed by atoms with E-state index in [1.165, 1.54) is 43.5 Å². The molecular weight excluding hydrogens is 624 g/mol. The average molecular weight is 660 g/mol. The Kier molecular flexibility index (Phi) is 9.40. The first-order valence-electron chi connectivity index (χ1n) is 15.6. The molecule has 0 atom stereocenters. The van der Waals surface area contributed by atoms with Gasteiger partial charge in [-0.05, 0) is 74.2 Å². The van der Waals surface area contributed by atoms with Crippen molar-refractivity contribution >= 4 is 40.0 Å². The lowest BCUT2D eigenvalue weighted by molar-refractivity contribution is -0.131. The second-order valence-corrected chi connectivity index (χ2v) is 11.8. The number of carbonyl (C=O) groups excluding carboxylic acids is 3. The lowest BCUT2D eigenvalue weighted by Crippen LogP contribution is -2.43. The molecule has 2 fully saturated rings. The molecule has 1 aliphatic heterocycles. The Hall–Kier alpha value is -5.30. The van der Waals surface area contributed by atoms with E-state index < -0.39 is 28.9 Å². The predicted molar refractivity (Wildman–Crippen MR) is 174 cm³/mol. The predicted octanol–water partition coefficient (Wildman–Crippen LogP) is 5.26. The van der Waals surface area contributed by atoms with Crippen LogP contribution in [-0.2, 0) is 14.4 Å². The number of rotatable bonds is 11. The van der Waals surface area contributed by atoms with E-state index in [2.05, 4.69) is 25.8 Å². The highest BCUT2D eigenvalue weighted by Crippen LogP contribution is 2.48. The Morgan fingerprint density at radius 3 is 2.21 bits per heavy atom. The van der Waals surface area contributed by atoms with Gasteiger partial charge in [0.25, 0.3) is 0 Å². The Morgan fingerprint density at radius 1 is 0.875 bits per heavy atom. The topological polar surface area (TPSA) is 131 Å². The monoisotopic (exact) mass is 659 g/mol. The number of pyridine rings is 1. The first kappa shape index (κ1) is 32.6. The fourth-order valence-electron chi connectivity index (χ4n) is 5.61. The van der Waals surface area contributed by atoms with E-state index in [0.717, 1.165) is 32.0 Å². The van der Waals surface area contributed by atoms with Crippen LogP contribution in [-0.4, -0.2) is 67.5 Å². The molecule has 1 aromatic heterocycles. The molecule has 2 aliphatic rings. The number of nitrogens with one attached hydrogen (secondary N) is 3. The normalized spacial score (nSPS) is 15.8. The summed E-state index contributed by atoms with van der Waals surface area (Å²) in [5.74, 6) is -1.04. The lowest BCUT2D eigenvalue weighted by Gasteiger charge is -2.31. The van der Waals surface area contributed by atoms with Crippen LogP contribution in [0, 0.1) is 17.0 Å². The molecule has 1 aliphatic carbocycles. The summed E-state index contributed by atoms with van der Waals surface area (Å²) in [6.45, 7) is 1.81.